The number of pyridine rings is 1. The zero-order valence-electron chi connectivity index (χ0n) is 19.6. The standard InChI is InChI=1S/C24H24F3N3O6/c1-35-20-16-15(22(33)28-9-12-13(26)7-11(25)8-14(12)27)18(31)19(32)17-23(34)29-6-4-3-5-24(10-29,30(16)17)21(20)36-2/h7-8,20-21,32H,3-6,9-10H2,1-2H3,(H,28,33)/t20-,21+,24-/m1/s1. The molecule has 1 aromatic carbocycles. The maximum atomic E-state index is 14.1. The van der Waals surface area contributed by atoms with Gasteiger partial charge in [0.05, 0.1) is 11.2 Å². The Morgan fingerprint density at radius 3 is 2.50 bits per heavy atom. The van der Waals surface area contributed by atoms with E-state index in [1.807, 2.05) is 0 Å². The summed E-state index contributed by atoms with van der Waals surface area (Å²) in [5.41, 5.74) is -3.33. The summed E-state index contributed by atoms with van der Waals surface area (Å²) in [6.07, 6.45) is 0.308. The molecule has 1 fully saturated rings. The first-order valence-corrected chi connectivity index (χ1v) is 11.4. The van der Waals surface area contributed by atoms with Crippen LogP contribution in [0.1, 0.15) is 57.5 Å². The molecule has 0 saturated carbocycles. The number of hydrogen-bond donors (Lipinski definition) is 2. The maximum absolute atomic E-state index is 14.1. The van der Waals surface area contributed by atoms with Crippen molar-refractivity contribution >= 4 is 11.8 Å². The number of aromatic hydroxyl groups is 1. The van der Waals surface area contributed by atoms with Gasteiger partial charge in [0.2, 0.25) is 5.43 Å². The minimum atomic E-state index is -1.21. The van der Waals surface area contributed by atoms with Crippen LogP contribution in [0.4, 0.5) is 13.2 Å². The van der Waals surface area contributed by atoms with Gasteiger partial charge in [-0.05, 0) is 19.3 Å². The van der Waals surface area contributed by atoms with Crippen LogP contribution in [0.25, 0.3) is 0 Å². The summed E-state index contributed by atoms with van der Waals surface area (Å²) in [6, 6.07) is 0.947. The molecule has 3 atom stereocenters. The molecular weight excluding hydrogens is 483 g/mol. The summed E-state index contributed by atoms with van der Waals surface area (Å²) in [5.74, 6) is -6.01. The number of hydrogen-bond acceptors (Lipinski definition) is 6. The number of benzene rings is 1. The fourth-order valence-corrected chi connectivity index (χ4v) is 5.92. The van der Waals surface area contributed by atoms with E-state index in [0.717, 1.165) is 6.42 Å². The molecule has 4 heterocycles. The average Bonchev–Trinajstić information content (AvgIpc) is 2.95. The Kier molecular flexibility index (Phi) is 5.83. The molecule has 1 spiro atoms. The van der Waals surface area contributed by atoms with Gasteiger partial charge in [-0.25, -0.2) is 13.2 Å². The lowest BCUT2D eigenvalue weighted by atomic mass is 9.85. The Morgan fingerprint density at radius 1 is 1.17 bits per heavy atom. The molecule has 12 heteroatoms. The van der Waals surface area contributed by atoms with Gasteiger partial charge in [-0.15, -0.1) is 0 Å². The number of carbonyl (C=O) groups excluding carboxylic acids is 2. The van der Waals surface area contributed by atoms with Crippen LogP contribution in [0, 0.1) is 17.5 Å². The summed E-state index contributed by atoms with van der Waals surface area (Å²) in [6.45, 7) is -0.0182. The molecule has 2 N–H and O–H groups in total. The third-order valence-corrected chi connectivity index (χ3v) is 7.42. The summed E-state index contributed by atoms with van der Waals surface area (Å²) in [4.78, 5) is 41.4. The second-order valence-electron chi connectivity index (χ2n) is 9.25. The molecule has 5 rings (SSSR count). The Bertz CT molecular complexity index is 1320. The van der Waals surface area contributed by atoms with E-state index in [4.69, 9.17) is 9.47 Å². The third kappa shape index (κ3) is 3.27. The van der Waals surface area contributed by atoms with Crippen LogP contribution in [-0.2, 0) is 21.6 Å². The quantitative estimate of drug-likeness (QED) is 0.641. The van der Waals surface area contributed by atoms with Gasteiger partial charge in [0.1, 0.15) is 35.2 Å². The fourth-order valence-electron chi connectivity index (χ4n) is 5.92. The van der Waals surface area contributed by atoms with Gasteiger partial charge in [-0.3, -0.25) is 14.4 Å². The average molecular weight is 507 g/mol. The van der Waals surface area contributed by atoms with E-state index < -0.39 is 75.9 Å². The van der Waals surface area contributed by atoms with Gasteiger partial charge in [0.15, 0.2) is 11.4 Å². The molecule has 0 unspecified atom stereocenters. The topological polar surface area (TPSA) is 110 Å². The van der Waals surface area contributed by atoms with E-state index >= 15 is 0 Å². The van der Waals surface area contributed by atoms with Crippen LogP contribution in [0.3, 0.4) is 0 Å². The third-order valence-electron chi connectivity index (χ3n) is 7.42. The van der Waals surface area contributed by atoms with Crippen LogP contribution in [-0.4, -0.2) is 59.8 Å². The molecule has 192 valence electrons. The fraction of sp³-hybridized carbons (Fsp3) is 0.458. The molecule has 1 saturated heterocycles. The number of methoxy groups -OCH3 is 2. The minimum absolute atomic E-state index is 0.0506. The van der Waals surface area contributed by atoms with Crippen molar-refractivity contribution in [1.82, 2.24) is 14.8 Å². The Labute approximate surface area is 203 Å². The van der Waals surface area contributed by atoms with Crippen LogP contribution < -0.4 is 10.7 Å². The Hall–Kier alpha value is -3.38. The van der Waals surface area contributed by atoms with E-state index in [1.54, 1.807) is 4.90 Å². The minimum Gasteiger partial charge on any atom is -0.503 e. The van der Waals surface area contributed by atoms with E-state index in [9.17, 15) is 32.7 Å². The van der Waals surface area contributed by atoms with Crippen LogP contribution >= 0.6 is 0 Å². The number of rotatable bonds is 5. The maximum Gasteiger partial charge on any atom is 0.274 e. The normalized spacial score (nSPS) is 24.5. The highest BCUT2D eigenvalue weighted by Crippen LogP contribution is 2.51. The Balaban J connectivity index is 1.67. The largest absolute Gasteiger partial charge is 0.503 e. The molecule has 36 heavy (non-hydrogen) atoms. The summed E-state index contributed by atoms with van der Waals surface area (Å²) < 4.78 is 54.5. The number of halogens is 3. The smallest absolute Gasteiger partial charge is 0.274 e. The zero-order valence-corrected chi connectivity index (χ0v) is 19.6. The van der Waals surface area contributed by atoms with E-state index in [0.29, 0.717) is 31.5 Å². The number of nitrogens with zero attached hydrogens (tertiary/aromatic N) is 2. The molecule has 0 radical (unpaired) electrons. The van der Waals surface area contributed by atoms with Gasteiger partial charge in [-0.2, -0.15) is 0 Å². The zero-order chi connectivity index (χ0) is 25.9. The molecule has 9 nitrogen and oxygen atoms in total. The molecule has 3 aliphatic rings. The first-order valence-electron chi connectivity index (χ1n) is 11.4. The van der Waals surface area contributed by atoms with E-state index in [2.05, 4.69) is 5.32 Å². The van der Waals surface area contributed by atoms with Gasteiger partial charge in [0, 0.05) is 51.6 Å². The van der Waals surface area contributed by atoms with Crippen molar-refractivity contribution in [3.8, 4) is 5.75 Å². The van der Waals surface area contributed by atoms with E-state index in [1.165, 1.54) is 18.8 Å². The molecule has 2 bridgehead atoms. The van der Waals surface area contributed by atoms with Crippen molar-refractivity contribution in [3.63, 3.8) is 0 Å². The summed E-state index contributed by atoms with van der Waals surface area (Å²) in [5, 5.41) is 13.2. The predicted molar refractivity (Wildman–Crippen MR) is 118 cm³/mol. The van der Waals surface area contributed by atoms with Crippen molar-refractivity contribution in [2.45, 2.75) is 43.6 Å². The van der Waals surface area contributed by atoms with Crippen molar-refractivity contribution < 1.29 is 37.3 Å². The first kappa shape index (κ1) is 24.3. The monoisotopic (exact) mass is 507 g/mol. The molecule has 3 aliphatic heterocycles. The second-order valence-corrected chi connectivity index (χ2v) is 9.25. The van der Waals surface area contributed by atoms with Crippen molar-refractivity contribution in [2.24, 2.45) is 0 Å². The van der Waals surface area contributed by atoms with Gasteiger partial charge >= 0.3 is 0 Å². The van der Waals surface area contributed by atoms with Crippen molar-refractivity contribution in [1.29, 1.82) is 0 Å². The van der Waals surface area contributed by atoms with Crippen molar-refractivity contribution in [3.05, 3.63) is 62.3 Å². The summed E-state index contributed by atoms with van der Waals surface area (Å²) >= 11 is 0. The summed E-state index contributed by atoms with van der Waals surface area (Å²) in [7, 11) is 2.83. The number of fused-ring (bicyclic) bond motifs is 1. The molecule has 2 aromatic rings. The lowest BCUT2D eigenvalue weighted by Gasteiger charge is -2.44. The van der Waals surface area contributed by atoms with Gasteiger partial charge in [-0.1, -0.05) is 0 Å². The number of ether oxygens (including phenoxy) is 2. The highest BCUT2D eigenvalue weighted by molar-refractivity contribution is 6.01. The number of aromatic nitrogens is 1. The van der Waals surface area contributed by atoms with Crippen LogP contribution in [0.5, 0.6) is 5.75 Å². The number of carbonyl (C=O) groups is 2. The number of amides is 2. The lowest BCUT2D eigenvalue weighted by Crippen LogP contribution is -2.57. The van der Waals surface area contributed by atoms with Gasteiger partial charge < -0.3 is 29.4 Å². The highest BCUT2D eigenvalue weighted by atomic mass is 19.1. The molecular formula is C24H24F3N3O6. The molecule has 1 aromatic heterocycles. The molecule has 0 aliphatic carbocycles. The van der Waals surface area contributed by atoms with Crippen molar-refractivity contribution in [2.75, 3.05) is 27.3 Å². The predicted octanol–water partition coefficient (Wildman–Crippen LogP) is 1.95. The lowest BCUT2D eigenvalue weighted by molar-refractivity contribution is -0.0817. The van der Waals surface area contributed by atoms with E-state index in [-0.39, 0.29) is 17.9 Å². The SMILES string of the molecule is CO[C@@H]1c2c(C(=O)NCc3c(F)cc(F)cc3F)c(=O)c(O)c3n2[C@@]2(CCCCN(C2)C3=O)[C@H]1OC. The number of nitrogens with one attached hydrogen (secondary N) is 1. The Morgan fingerprint density at radius 2 is 1.86 bits per heavy atom. The van der Waals surface area contributed by atoms with Crippen LogP contribution in [0.2, 0.25) is 0 Å². The first-order chi connectivity index (χ1) is 17.2. The van der Waals surface area contributed by atoms with Crippen LogP contribution in [0.15, 0.2) is 16.9 Å². The second kappa shape index (κ2) is 8.63. The molecule has 2 amide bonds. The highest BCUT2D eigenvalue weighted by Gasteiger charge is 2.60. The van der Waals surface area contributed by atoms with Gasteiger partial charge in [0.25, 0.3) is 11.8 Å².